The van der Waals surface area contributed by atoms with Gasteiger partial charge in [0.15, 0.2) is 0 Å². The van der Waals surface area contributed by atoms with Crippen LogP contribution in [0.25, 0.3) is 22.4 Å². The highest BCUT2D eigenvalue weighted by atomic mass is 16.3. The van der Waals surface area contributed by atoms with E-state index in [1.807, 2.05) is 31.3 Å². The molecular weight excluding hydrogens is 362 g/mol. The zero-order valence-corrected chi connectivity index (χ0v) is 16.2. The van der Waals surface area contributed by atoms with E-state index in [0.717, 1.165) is 28.1 Å². The first-order valence-electron chi connectivity index (χ1n) is 9.36. The van der Waals surface area contributed by atoms with Crippen molar-refractivity contribution in [3.05, 3.63) is 84.6 Å². The van der Waals surface area contributed by atoms with E-state index >= 15 is 0 Å². The first-order chi connectivity index (χ1) is 14.1. The zero-order valence-electron chi connectivity index (χ0n) is 16.2. The number of rotatable bonds is 5. The molecule has 0 aliphatic heterocycles. The van der Waals surface area contributed by atoms with Gasteiger partial charge in [0.1, 0.15) is 12.1 Å². The average molecular weight is 383 g/mol. The van der Waals surface area contributed by atoms with E-state index in [1.54, 1.807) is 18.3 Å². The number of phenolic OH excluding ortho intramolecular Hbond substituents is 1. The minimum absolute atomic E-state index is 0.0663. The van der Waals surface area contributed by atoms with Crippen molar-refractivity contribution >= 4 is 5.95 Å². The number of hydrogen-bond acceptors (Lipinski definition) is 6. The molecule has 0 saturated heterocycles. The number of benzene rings is 2. The van der Waals surface area contributed by atoms with Gasteiger partial charge in [0, 0.05) is 23.5 Å². The Bertz CT molecular complexity index is 1100. The maximum Gasteiger partial charge on any atom is 0.223 e. The maximum absolute atomic E-state index is 9.62. The molecule has 0 fully saturated rings. The summed E-state index contributed by atoms with van der Waals surface area (Å²) in [6.45, 7) is 4.06. The van der Waals surface area contributed by atoms with Gasteiger partial charge in [0.2, 0.25) is 5.95 Å². The lowest BCUT2D eigenvalue weighted by atomic mass is 10.00. The summed E-state index contributed by atoms with van der Waals surface area (Å²) in [6.07, 6.45) is 5.05. The van der Waals surface area contributed by atoms with Gasteiger partial charge in [-0.1, -0.05) is 42.0 Å². The summed E-state index contributed by atoms with van der Waals surface area (Å²) in [5.74, 6) is 0.748. The van der Waals surface area contributed by atoms with Crippen molar-refractivity contribution in [2.75, 3.05) is 5.32 Å². The second kappa shape index (κ2) is 8.06. The van der Waals surface area contributed by atoms with Gasteiger partial charge in [0.05, 0.1) is 17.4 Å². The SMILES string of the molecule is Cc1ccc(-c2nc(N[C@@H](C)c3ccncn3)ncc2-c2ccc(O)cc2)cc1. The molecule has 0 aliphatic rings. The minimum atomic E-state index is -0.0663. The van der Waals surface area contributed by atoms with Crippen molar-refractivity contribution in [3.63, 3.8) is 0 Å². The fourth-order valence-corrected chi connectivity index (χ4v) is 3.06. The topological polar surface area (TPSA) is 83.8 Å². The normalized spacial score (nSPS) is 11.8. The molecule has 0 saturated carbocycles. The van der Waals surface area contributed by atoms with Crippen LogP contribution in [0, 0.1) is 6.92 Å². The Balaban J connectivity index is 1.74. The molecule has 4 aromatic rings. The van der Waals surface area contributed by atoms with Gasteiger partial charge in [-0.05, 0) is 37.6 Å². The van der Waals surface area contributed by atoms with E-state index in [2.05, 4.69) is 51.5 Å². The molecule has 2 aromatic heterocycles. The van der Waals surface area contributed by atoms with Crippen LogP contribution in [0.5, 0.6) is 5.75 Å². The molecule has 4 rings (SSSR count). The summed E-state index contributed by atoms with van der Waals surface area (Å²) in [7, 11) is 0. The van der Waals surface area contributed by atoms with Gasteiger partial charge in [-0.15, -0.1) is 0 Å². The second-order valence-electron chi connectivity index (χ2n) is 6.87. The van der Waals surface area contributed by atoms with Crippen LogP contribution in [0.3, 0.4) is 0 Å². The highest BCUT2D eigenvalue weighted by Gasteiger charge is 2.14. The first kappa shape index (κ1) is 18.6. The Kier molecular flexibility index (Phi) is 5.16. The van der Waals surface area contributed by atoms with Crippen LogP contribution in [-0.4, -0.2) is 25.0 Å². The van der Waals surface area contributed by atoms with Gasteiger partial charge in [-0.2, -0.15) is 0 Å². The molecule has 6 nitrogen and oxygen atoms in total. The lowest BCUT2D eigenvalue weighted by Gasteiger charge is -2.16. The third-order valence-electron chi connectivity index (χ3n) is 4.69. The van der Waals surface area contributed by atoms with Crippen LogP contribution in [0.15, 0.2) is 73.3 Å². The Labute approximate surface area is 169 Å². The summed E-state index contributed by atoms with van der Waals surface area (Å²) < 4.78 is 0. The number of nitrogens with one attached hydrogen (secondary N) is 1. The molecule has 0 spiro atoms. The van der Waals surface area contributed by atoms with Crippen LogP contribution in [0.1, 0.15) is 24.2 Å². The lowest BCUT2D eigenvalue weighted by molar-refractivity contribution is 0.475. The predicted molar refractivity (Wildman–Crippen MR) is 113 cm³/mol. The maximum atomic E-state index is 9.62. The fourth-order valence-electron chi connectivity index (χ4n) is 3.06. The largest absolute Gasteiger partial charge is 0.508 e. The Morgan fingerprint density at radius 2 is 1.62 bits per heavy atom. The average Bonchev–Trinajstić information content (AvgIpc) is 2.75. The molecule has 2 heterocycles. The third-order valence-corrected chi connectivity index (χ3v) is 4.69. The van der Waals surface area contributed by atoms with Gasteiger partial charge < -0.3 is 10.4 Å². The Morgan fingerprint density at radius 1 is 0.897 bits per heavy atom. The number of aromatic nitrogens is 4. The molecule has 0 bridgehead atoms. The van der Waals surface area contributed by atoms with Crippen LogP contribution < -0.4 is 5.32 Å². The van der Waals surface area contributed by atoms with Gasteiger partial charge in [-0.3, -0.25) is 0 Å². The molecular formula is C23H21N5O. The minimum Gasteiger partial charge on any atom is -0.508 e. The van der Waals surface area contributed by atoms with Crippen molar-refractivity contribution in [2.24, 2.45) is 0 Å². The van der Waals surface area contributed by atoms with E-state index in [0.29, 0.717) is 5.95 Å². The summed E-state index contributed by atoms with van der Waals surface area (Å²) in [5.41, 5.74) is 5.71. The number of phenols is 1. The molecule has 0 aliphatic carbocycles. The highest BCUT2D eigenvalue weighted by Crippen LogP contribution is 2.32. The number of hydrogen-bond donors (Lipinski definition) is 2. The van der Waals surface area contributed by atoms with Crippen molar-refractivity contribution in [3.8, 4) is 28.1 Å². The first-order valence-corrected chi connectivity index (χ1v) is 9.36. The molecule has 0 amide bonds. The fraction of sp³-hybridized carbons (Fsp3) is 0.130. The molecule has 29 heavy (non-hydrogen) atoms. The lowest BCUT2D eigenvalue weighted by Crippen LogP contribution is -2.11. The Hall–Kier alpha value is -3.80. The van der Waals surface area contributed by atoms with Crippen LogP contribution in [-0.2, 0) is 0 Å². The molecule has 1 atom stereocenters. The quantitative estimate of drug-likeness (QED) is 0.516. The van der Waals surface area contributed by atoms with E-state index < -0.39 is 0 Å². The number of aryl methyl sites for hydroxylation is 1. The summed E-state index contributed by atoms with van der Waals surface area (Å²) in [5, 5.41) is 12.9. The van der Waals surface area contributed by atoms with E-state index in [-0.39, 0.29) is 11.8 Å². The van der Waals surface area contributed by atoms with E-state index in [4.69, 9.17) is 4.98 Å². The van der Waals surface area contributed by atoms with Crippen molar-refractivity contribution < 1.29 is 5.11 Å². The molecule has 2 aromatic carbocycles. The van der Waals surface area contributed by atoms with Gasteiger partial charge in [0.25, 0.3) is 0 Å². The van der Waals surface area contributed by atoms with E-state index in [9.17, 15) is 5.11 Å². The van der Waals surface area contributed by atoms with Crippen molar-refractivity contribution in [1.29, 1.82) is 0 Å². The van der Waals surface area contributed by atoms with Crippen LogP contribution >= 0.6 is 0 Å². The van der Waals surface area contributed by atoms with E-state index in [1.165, 1.54) is 11.9 Å². The molecule has 2 N–H and O–H groups in total. The van der Waals surface area contributed by atoms with Gasteiger partial charge >= 0.3 is 0 Å². The van der Waals surface area contributed by atoms with Crippen LogP contribution in [0.2, 0.25) is 0 Å². The Morgan fingerprint density at radius 3 is 2.31 bits per heavy atom. The second-order valence-corrected chi connectivity index (χ2v) is 6.87. The number of nitrogens with zero attached hydrogens (tertiary/aromatic N) is 4. The predicted octanol–water partition coefficient (Wildman–Crippen LogP) is 4.79. The third kappa shape index (κ3) is 4.21. The smallest absolute Gasteiger partial charge is 0.223 e. The molecule has 6 heteroatoms. The number of anilines is 1. The summed E-state index contributed by atoms with van der Waals surface area (Å²) in [4.78, 5) is 17.6. The molecule has 144 valence electrons. The van der Waals surface area contributed by atoms with Crippen molar-refractivity contribution in [2.45, 2.75) is 19.9 Å². The highest BCUT2D eigenvalue weighted by molar-refractivity contribution is 5.81. The molecule has 0 unspecified atom stereocenters. The number of aromatic hydroxyl groups is 1. The standard InChI is InChI=1S/C23H21N5O/c1-15-3-5-18(6-4-15)22-20(17-7-9-19(29)10-8-17)13-25-23(28-22)27-16(2)21-11-12-24-14-26-21/h3-14,16,29H,1-2H3,(H,25,27,28)/t16-/m0/s1. The molecule has 0 radical (unpaired) electrons. The van der Waals surface area contributed by atoms with Crippen LogP contribution in [0.4, 0.5) is 5.95 Å². The monoisotopic (exact) mass is 383 g/mol. The van der Waals surface area contributed by atoms with Gasteiger partial charge in [-0.25, -0.2) is 19.9 Å². The zero-order chi connectivity index (χ0) is 20.2. The van der Waals surface area contributed by atoms with Crippen molar-refractivity contribution in [1.82, 2.24) is 19.9 Å². The summed E-state index contributed by atoms with van der Waals surface area (Å²) in [6, 6.07) is 17.1. The summed E-state index contributed by atoms with van der Waals surface area (Å²) >= 11 is 0.